The molecule has 10 heavy (non-hydrogen) atoms. The van der Waals surface area contributed by atoms with Gasteiger partial charge in [0, 0.05) is 18.6 Å². The molecule has 0 radical (unpaired) electrons. The van der Waals surface area contributed by atoms with Crippen molar-refractivity contribution in [3.8, 4) is 0 Å². The van der Waals surface area contributed by atoms with Gasteiger partial charge in [-0.15, -0.1) is 0 Å². The summed E-state index contributed by atoms with van der Waals surface area (Å²) < 4.78 is 1.83. The summed E-state index contributed by atoms with van der Waals surface area (Å²) in [5, 5.41) is 4.07. The molecule has 0 fully saturated rings. The zero-order valence-electron chi connectivity index (χ0n) is 5.44. The molecule has 0 saturated carbocycles. The number of rotatable bonds is 0. The lowest BCUT2D eigenvalue weighted by molar-refractivity contribution is 0.851. The molecule has 1 aliphatic heterocycles. The molecule has 50 valence electrons. The molecule has 0 aliphatic carbocycles. The van der Waals surface area contributed by atoms with E-state index < -0.39 is 0 Å². The van der Waals surface area contributed by atoms with Crippen molar-refractivity contribution in [2.75, 3.05) is 0 Å². The highest BCUT2D eigenvalue weighted by atomic mass is 15.3. The second kappa shape index (κ2) is 2.10. The van der Waals surface area contributed by atoms with E-state index in [1.165, 1.54) is 0 Å². The van der Waals surface area contributed by atoms with Crippen molar-refractivity contribution >= 4 is 12.4 Å². The Morgan fingerprint density at radius 1 is 1.50 bits per heavy atom. The standard InChI is InChI=1S/C7H7N3/c1-3-8-6-7-2-4-9-10(7)5-1/h1-5H,6H2. The van der Waals surface area contributed by atoms with Gasteiger partial charge >= 0.3 is 0 Å². The Morgan fingerprint density at radius 3 is 3.50 bits per heavy atom. The minimum Gasteiger partial charge on any atom is -0.287 e. The summed E-state index contributed by atoms with van der Waals surface area (Å²) >= 11 is 0. The monoisotopic (exact) mass is 133 g/mol. The van der Waals surface area contributed by atoms with Crippen molar-refractivity contribution in [2.45, 2.75) is 6.54 Å². The molecular formula is C7H7N3. The molecule has 1 aromatic heterocycles. The zero-order chi connectivity index (χ0) is 6.81. The molecule has 0 atom stereocenters. The third kappa shape index (κ3) is 0.757. The average Bonchev–Trinajstić information content (AvgIpc) is 2.28. The topological polar surface area (TPSA) is 30.2 Å². The highest BCUT2D eigenvalue weighted by molar-refractivity contribution is 5.75. The summed E-state index contributed by atoms with van der Waals surface area (Å²) in [5.41, 5.74) is 1.13. The first-order valence-corrected chi connectivity index (χ1v) is 3.16. The third-order valence-electron chi connectivity index (χ3n) is 1.42. The van der Waals surface area contributed by atoms with Crippen LogP contribution < -0.4 is 0 Å². The Bertz CT molecular complexity index is 283. The normalized spacial score (nSPS) is 14.8. The fraction of sp³-hybridized carbons (Fsp3) is 0.143. The second-order valence-corrected chi connectivity index (χ2v) is 2.10. The summed E-state index contributed by atoms with van der Waals surface area (Å²) in [5.74, 6) is 0. The number of nitrogens with zero attached hydrogens (tertiary/aromatic N) is 3. The fourth-order valence-corrected chi connectivity index (χ4v) is 0.928. The highest BCUT2D eigenvalue weighted by Crippen LogP contribution is 2.02. The quantitative estimate of drug-likeness (QED) is 0.518. The van der Waals surface area contributed by atoms with Crippen LogP contribution in [0.15, 0.2) is 23.3 Å². The number of hydrogen-bond acceptors (Lipinski definition) is 2. The largest absolute Gasteiger partial charge is 0.287 e. The maximum Gasteiger partial charge on any atom is 0.0812 e. The molecule has 0 amide bonds. The first-order valence-electron chi connectivity index (χ1n) is 3.16. The summed E-state index contributed by atoms with van der Waals surface area (Å²) in [6, 6.07) is 1.97. The van der Waals surface area contributed by atoms with Gasteiger partial charge in [0.05, 0.1) is 12.2 Å². The van der Waals surface area contributed by atoms with Gasteiger partial charge in [0.15, 0.2) is 0 Å². The zero-order valence-corrected chi connectivity index (χ0v) is 5.44. The SMILES string of the molecule is C1=Cn2nccc2CN=C1. The minimum atomic E-state index is 0.729. The predicted octanol–water partition coefficient (Wildman–Crippen LogP) is 0.938. The number of fused-ring (bicyclic) bond motifs is 1. The Balaban J connectivity index is 2.50. The summed E-state index contributed by atoms with van der Waals surface area (Å²) in [4.78, 5) is 4.11. The molecule has 0 aromatic carbocycles. The van der Waals surface area contributed by atoms with Crippen molar-refractivity contribution in [2.24, 2.45) is 4.99 Å². The highest BCUT2D eigenvalue weighted by Gasteiger charge is 1.97. The van der Waals surface area contributed by atoms with E-state index in [0.29, 0.717) is 0 Å². The number of aromatic nitrogens is 2. The molecule has 0 spiro atoms. The van der Waals surface area contributed by atoms with Crippen molar-refractivity contribution < 1.29 is 0 Å². The van der Waals surface area contributed by atoms with Crippen LogP contribution in [0.4, 0.5) is 0 Å². The van der Waals surface area contributed by atoms with Crippen LogP contribution in [0.3, 0.4) is 0 Å². The smallest absolute Gasteiger partial charge is 0.0812 e. The average molecular weight is 133 g/mol. The molecule has 2 heterocycles. The van der Waals surface area contributed by atoms with Gasteiger partial charge in [0.2, 0.25) is 0 Å². The van der Waals surface area contributed by atoms with Crippen LogP contribution >= 0.6 is 0 Å². The summed E-state index contributed by atoms with van der Waals surface area (Å²) in [6.07, 6.45) is 7.34. The first-order chi connectivity index (χ1) is 4.97. The van der Waals surface area contributed by atoms with E-state index >= 15 is 0 Å². The van der Waals surface area contributed by atoms with Crippen LogP contribution in [0.2, 0.25) is 0 Å². The van der Waals surface area contributed by atoms with Crippen molar-refractivity contribution in [3.05, 3.63) is 24.0 Å². The van der Waals surface area contributed by atoms with E-state index in [1.807, 2.05) is 23.0 Å². The molecule has 1 aromatic rings. The van der Waals surface area contributed by atoms with Gasteiger partial charge in [-0.05, 0) is 12.1 Å². The van der Waals surface area contributed by atoms with Crippen molar-refractivity contribution in [3.63, 3.8) is 0 Å². The van der Waals surface area contributed by atoms with E-state index in [4.69, 9.17) is 0 Å². The molecule has 0 bridgehead atoms. The molecule has 0 unspecified atom stereocenters. The predicted molar refractivity (Wildman–Crippen MR) is 39.8 cm³/mol. The van der Waals surface area contributed by atoms with Crippen LogP contribution in [0.1, 0.15) is 5.69 Å². The fourth-order valence-electron chi connectivity index (χ4n) is 0.928. The Kier molecular flexibility index (Phi) is 1.13. The van der Waals surface area contributed by atoms with Crippen LogP contribution in [-0.4, -0.2) is 16.0 Å². The van der Waals surface area contributed by atoms with Crippen LogP contribution in [0.25, 0.3) is 6.20 Å². The Hall–Kier alpha value is -1.38. The molecule has 1 aliphatic rings. The van der Waals surface area contributed by atoms with Crippen LogP contribution in [0.5, 0.6) is 0 Å². The lowest BCUT2D eigenvalue weighted by Gasteiger charge is -1.93. The molecule has 3 nitrogen and oxygen atoms in total. The number of hydrogen-bond donors (Lipinski definition) is 0. The summed E-state index contributed by atoms with van der Waals surface area (Å²) in [7, 11) is 0. The number of aliphatic imine (C=N–C) groups is 1. The molecule has 3 heteroatoms. The number of allylic oxidation sites excluding steroid dienone is 1. The Labute approximate surface area is 58.7 Å². The minimum absolute atomic E-state index is 0.729. The lowest BCUT2D eigenvalue weighted by atomic mass is 10.4. The van der Waals surface area contributed by atoms with Gasteiger partial charge in [-0.2, -0.15) is 5.10 Å². The maximum absolute atomic E-state index is 4.11. The van der Waals surface area contributed by atoms with Crippen molar-refractivity contribution in [1.29, 1.82) is 0 Å². The Morgan fingerprint density at radius 2 is 2.50 bits per heavy atom. The molecule has 0 saturated heterocycles. The van der Waals surface area contributed by atoms with Gasteiger partial charge in [-0.1, -0.05) is 0 Å². The first kappa shape index (κ1) is 5.41. The van der Waals surface area contributed by atoms with E-state index in [-0.39, 0.29) is 0 Å². The molecule has 0 N–H and O–H groups in total. The third-order valence-corrected chi connectivity index (χ3v) is 1.42. The van der Waals surface area contributed by atoms with E-state index in [0.717, 1.165) is 12.2 Å². The van der Waals surface area contributed by atoms with Crippen LogP contribution in [-0.2, 0) is 6.54 Å². The van der Waals surface area contributed by atoms with E-state index in [9.17, 15) is 0 Å². The second-order valence-electron chi connectivity index (χ2n) is 2.10. The van der Waals surface area contributed by atoms with E-state index in [1.54, 1.807) is 12.4 Å². The maximum atomic E-state index is 4.11. The van der Waals surface area contributed by atoms with Gasteiger partial charge in [-0.3, -0.25) is 4.99 Å². The van der Waals surface area contributed by atoms with Gasteiger partial charge in [0.25, 0.3) is 0 Å². The summed E-state index contributed by atoms with van der Waals surface area (Å²) in [6.45, 7) is 0.729. The molecular weight excluding hydrogens is 126 g/mol. The van der Waals surface area contributed by atoms with Gasteiger partial charge in [0.1, 0.15) is 0 Å². The van der Waals surface area contributed by atoms with Crippen molar-refractivity contribution in [1.82, 2.24) is 9.78 Å². The van der Waals surface area contributed by atoms with Gasteiger partial charge < -0.3 is 0 Å². The molecule has 2 rings (SSSR count). The van der Waals surface area contributed by atoms with Crippen LogP contribution in [0, 0.1) is 0 Å². The van der Waals surface area contributed by atoms with Gasteiger partial charge in [-0.25, -0.2) is 4.68 Å². The lowest BCUT2D eigenvalue weighted by Crippen LogP contribution is -1.92. The van der Waals surface area contributed by atoms with E-state index in [2.05, 4.69) is 10.1 Å².